The van der Waals surface area contributed by atoms with Gasteiger partial charge in [-0.2, -0.15) is 5.10 Å². The summed E-state index contributed by atoms with van der Waals surface area (Å²) in [6.07, 6.45) is 1.27. The number of nitrogens with zero attached hydrogens (tertiary/aromatic N) is 3. The van der Waals surface area contributed by atoms with E-state index in [1.807, 2.05) is 21.1 Å². The summed E-state index contributed by atoms with van der Waals surface area (Å²) in [7, 11) is 12.1. The molecule has 0 aliphatic rings. The van der Waals surface area contributed by atoms with E-state index in [4.69, 9.17) is 23.4 Å². The van der Waals surface area contributed by atoms with E-state index in [-0.39, 0.29) is 22.8 Å². The molecule has 0 atom stereocenters. The number of nitrogens with one attached hydrogen (secondary N) is 1. The molecule has 1 aromatic heterocycles. The first-order valence-electron chi connectivity index (χ1n) is 11.6. The molecule has 1 N–H and O–H groups in total. The van der Waals surface area contributed by atoms with Crippen molar-refractivity contribution in [1.29, 1.82) is 0 Å². The monoisotopic (exact) mass is 525 g/mol. The number of quaternary nitrogens is 1. The molecule has 0 radical (unpaired) electrons. The van der Waals surface area contributed by atoms with Crippen LogP contribution in [0.25, 0.3) is 22.5 Å². The molecule has 0 fully saturated rings. The first-order chi connectivity index (χ1) is 18.0. The highest BCUT2D eigenvalue weighted by molar-refractivity contribution is 5.96. The Balaban J connectivity index is 2.22. The molecule has 0 saturated carbocycles. The largest absolute Gasteiger partial charge is 0.493 e. The summed E-state index contributed by atoms with van der Waals surface area (Å²) in [6, 6.07) is 10.2. The molecule has 0 bridgehead atoms. The molecule has 3 rings (SSSR count). The molecule has 0 aliphatic heterocycles. The van der Waals surface area contributed by atoms with Gasteiger partial charge in [0.1, 0.15) is 17.9 Å². The van der Waals surface area contributed by atoms with Gasteiger partial charge in [0.25, 0.3) is 0 Å². The third kappa shape index (κ3) is 6.24. The summed E-state index contributed by atoms with van der Waals surface area (Å²) in [6.45, 7) is 4.56. The summed E-state index contributed by atoms with van der Waals surface area (Å²) in [4.78, 5) is 11.9. The summed E-state index contributed by atoms with van der Waals surface area (Å²) < 4.78 is 28.3. The second kappa shape index (κ2) is 11.7. The van der Waals surface area contributed by atoms with Crippen LogP contribution in [-0.4, -0.2) is 71.7 Å². The standard InChI is InChI=1S/C27H33N4O7/c1-17(16-31(2,3)4)29-28-15-24-26(30(32)33)25(18-9-11-20(34-5)22(13-18)36-7)27(38-24)19-10-12-21(35-6)23(14-19)37-8/h9-15,29H,1,16H2,2-8H3/q+1. The Morgan fingerprint density at radius 2 is 1.50 bits per heavy atom. The Bertz CT molecular complexity index is 1360. The quantitative estimate of drug-likeness (QED) is 0.157. The molecular formula is C27H33N4O7+. The van der Waals surface area contributed by atoms with Crippen LogP contribution in [0.1, 0.15) is 5.76 Å². The van der Waals surface area contributed by atoms with Gasteiger partial charge in [0.2, 0.25) is 5.76 Å². The molecule has 0 amide bonds. The molecule has 38 heavy (non-hydrogen) atoms. The topological polar surface area (TPSA) is 118 Å². The second-order valence-corrected chi connectivity index (χ2v) is 9.34. The van der Waals surface area contributed by atoms with Gasteiger partial charge in [0.05, 0.1) is 66.4 Å². The molecule has 0 spiro atoms. The lowest BCUT2D eigenvalue weighted by Crippen LogP contribution is -2.38. The number of ether oxygens (including phenoxy) is 4. The van der Waals surface area contributed by atoms with E-state index in [0.29, 0.717) is 50.8 Å². The van der Waals surface area contributed by atoms with Crippen molar-refractivity contribution in [3.8, 4) is 45.4 Å². The number of benzene rings is 2. The van der Waals surface area contributed by atoms with E-state index in [1.165, 1.54) is 34.7 Å². The Morgan fingerprint density at radius 3 is 2.00 bits per heavy atom. The third-order valence-corrected chi connectivity index (χ3v) is 5.48. The first kappa shape index (κ1) is 28.1. The predicted molar refractivity (Wildman–Crippen MR) is 145 cm³/mol. The summed E-state index contributed by atoms with van der Waals surface area (Å²) in [5.41, 5.74) is 4.49. The van der Waals surface area contributed by atoms with E-state index in [2.05, 4.69) is 17.1 Å². The lowest BCUT2D eigenvalue weighted by molar-refractivity contribution is -0.865. The third-order valence-electron chi connectivity index (χ3n) is 5.48. The Hall–Kier alpha value is -4.51. The number of rotatable bonds is 12. The van der Waals surface area contributed by atoms with Crippen LogP contribution in [0.4, 0.5) is 5.69 Å². The Kier molecular flexibility index (Phi) is 8.64. The van der Waals surface area contributed by atoms with E-state index >= 15 is 0 Å². The van der Waals surface area contributed by atoms with E-state index in [9.17, 15) is 10.1 Å². The van der Waals surface area contributed by atoms with Crippen molar-refractivity contribution in [2.45, 2.75) is 0 Å². The maximum atomic E-state index is 12.4. The molecule has 3 aromatic rings. The lowest BCUT2D eigenvalue weighted by atomic mass is 9.99. The van der Waals surface area contributed by atoms with Gasteiger partial charge >= 0.3 is 5.69 Å². The van der Waals surface area contributed by atoms with Crippen molar-refractivity contribution < 1.29 is 32.8 Å². The number of likely N-dealkylation sites (N-methyl/N-ethyl adjacent to an activating group) is 1. The van der Waals surface area contributed by atoms with Crippen molar-refractivity contribution in [1.82, 2.24) is 5.43 Å². The van der Waals surface area contributed by atoms with Gasteiger partial charge in [-0.05, 0) is 35.9 Å². The van der Waals surface area contributed by atoms with Crippen LogP contribution in [0.3, 0.4) is 0 Å². The summed E-state index contributed by atoms with van der Waals surface area (Å²) in [5.74, 6) is 2.04. The lowest BCUT2D eigenvalue weighted by Gasteiger charge is -2.24. The molecule has 11 nitrogen and oxygen atoms in total. The minimum absolute atomic E-state index is 0.0462. The average Bonchev–Trinajstić information content (AvgIpc) is 3.26. The normalized spacial score (nSPS) is 11.3. The zero-order valence-electron chi connectivity index (χ0n) is 22.7. The van der Waals surface area contributed by atoms with Crippen LogP contribution in [0, 0.1) is 10.1 Å². The van der Waals surface area contributed by atoms with Crippen molar-refractivity contribution in [2.24, 2.45) is 5.10 Å². The smallest absolute Gasteiger partial charge is 0.324 e. The Morgan fingerprint density at radius 1 is 0.974 bits per heavy atom. The van der Waals surface area contributed by atoms with Crippen LogP contribution >= 0.6 is 0 Å². The van der Waals surface area contributed by atoms with Crippen molar-refractivity contribution >= 4 is 11.9 Å². The zero-order chi connectivity index (χ0) is 28.0. The van der Waals surface area contributed by atoms with Gasteiger partial charge in [0, 0.05) is 5.56 Å². The van der Waals surface area contributed by atoms with Gasteiger partial charge in [-0.15, -0.1) is 0 Å². The van der Waals surface area contributed by atoms with E-state index < -0.39 is 4.92 Å². The van der Waals surface area contributed by atoms with Gasteiger partial charge in [-0.25, -0.2) is 0 Å². The molecule has 0 unspecified atom stereocenters. The summed E-state index contributed by atoms with van der Waals surface area (Å²) in [5, 5.41) is 16.5. The minimum atomic E-state index is -0.498. The average molecular weight is 526 g/mol. The van der Waals surface area contributed by atoms with E-state index in [0.717, 1.165) is 0 Å². The number of methoxy groups -OCH3 is 4. The fourth-order valence-corrected chi connectivity index (χ4v) is 3.94. The Labute approximate surface area is 221 Å². The zero-order valence-corrected chi connectivity index (χ0v) is 22.7. The van der Waals surface area contributed by atoms with Crippen molar-refractivity contribution in [3.63, 3.8) is 0 Å². The first-order valence-corrected chi connectivity index (χ1v) is 11.6. The van der Waals surface area contributed by atoms with Crippen molar-refractivity contribution in [2.75, 3.05) is 56.1 Å². The molecule has 0 saturated heterocycles. The van der Waals surface area contributed by atoms with Crippen LogP contribution in [-0.2, 0) is 0 Å². The number of nitro groups is 1. The molecule has 1 heterocycles. The van der Waals surface area contributed by atoms with Crippen LogP contribution in [0.2, 0.25) is 0 Å². The van der Waals surface area contributed by atoms with Crippen LogP contribution in [0.15, 0.2) is 58.2 Å². The number of furan rings is 1. The fourth-order valence-electron chi connectivity index (χ4n) is 3.94. The van der Waals surface area contributed by atoms with Gasteiger partial charge < -0.3 is 27.8 Å². The maximum Gasteiger partial charge on any atom is 0.324 e. The molecule has 202 valence electrons. The predicted octanol–water partition coefficient (Wildman–Crippen LogP) is 4.70. The molecule has 2 aromatic carbocycles. The molecule has 11 heteroatoms. The fraction of sp³-hybridized carbons (Fsp3) is 0.296. The number of hydrogen-bond donors (Lipinski definition) is 1. The van der Waals surface area contributed by atoms with Gasteiger partial charge in [0.15, 0.2) is 23.0 Å². The van der Waals surface area contributed by atoms with Crippen molar-refractivity contribution in [3.05, 3.63) is 64.5 Å². The van der Waals surface area contributed by atoms with Gasteiger partial charge in [-0.1, -0.05) is 12.6 Å². The summed E-state index contributed by atoms with van der Waals surface area (Å²) >= 11 is 0. The molecule has 0 aliphatic carbocycles. The van der Waals surface area contributed by atoms with Gasteiger partial charge in [-0.3, -0.25) is 15.5 Å². The number of hydrogen-bond acceptors (Lipinski definition) is 9. The van der Waals surface area contributed by atoms with Crippen LogP contribution < -0.4 is 24.4 Å². The minimum Gasteiger partial charge on any atom is -0.493 e. The van der Waals surface area contributed by atoms with E-state index in [1.54, 1.807) is 36.4 Å². The highest BCUT2D eigenvalue weighted by atomic mass is 16.6. The molecular weight excluding hydrogens is 492 g/mol. The SMILES string of the molecule is C=C(C[N+](C)(C)C)NN=Cc1oc(-c2ccc(OC)c(OC)c2)c(-c2ccc(OC)c(OC)c2)c1[N+](=O)[O-]. The second-order valence-electron chi connectivity index (χ2n) is 9.34. The number of hydrazone groups is 1. The van der Waals surface area contributed by atoms with Crippen LogP contribution in [0.5, 0.6) is 23.0 Å². The highest BCUT2D eigenvalue weighted by Crippen LogP contribution is 2.46. The highest BCUT2D eigenvalue weighted by Gasteiger charge is 2.32. The maximum absolute atomic E-state index is 12.4.